The van der Waals surface area contributed by atoms with Crippen molar-refractivity contribution in [3.8, 4) is 22.8 Å². The number of hydrogen-bond acceptors (Lipinski definition) is 3. The van der Waals surface area contributed by atoms with E-state index in [2.05, 4.69) is 188 Å². The molecule has 0 aliphatic heterocycles. The molecule has 9 aromatic rings. The maximum atomic E-state index is 6.47. The van der Waals surface area contributed by atoms with Gasteiger partial charge in [0.15, 0.2) is 5.58 Å². The molecule has 0 aliphatic rings. The Hall–Kier alpha value is -5.68. The molecule has 5 aromatic carbocycles. The summed E-state index contributed by atoms with van der Waals surface area (Å²) in [6.07, 6.45) is 3.51. The average Bonchev–Trinajstić information content (AvgIpc) is 3.82. The lowest BCUT2D eigenvalue weighted by molar-refractivity contribution is 0.590. The summed E-state index contributed by atoms with van der Waals surface area (Å²) in [5.41, 5.74) is 14.4. The van der Waals surface area contributed by atoms with Crippen LogP contribution >= 0.6 is 0 Å². The molecule has 296 valence electrons. The molecule has 0 N–H and O–H groups in total. The van der Waals surface area contributed by atoms with Crippen molar-refractivity contribution in [3.05, 3.63) is 132 Å². The van der Waals surface area contributed by atoms with Gasteiger partial charge in [0.25, 0.3) is 0 Å². The standard InChI is InChI=1S/C52H54N4O.CH4/c1-49(2,3)32-13-17-43-38(25-32)39-26-33(50(4,5)6)14-18-44(39)55(43)36-23-31(48-54-42-21-22-53-30-47(42)57-48)24-37(29-36)56-45-19-15-34(51(7,8)9)27-40(45)41-28-35(52(10,11)12)16-20-46(41)56;/h13-30H,1-12H3;1H4. The molecule has 0 fully saturated rings. The molecular weight excluding hydrogens is 709 g/mol. The van der Waals surface area contributed by atoms with E-state index in [1.807, 2.05) is 6.07 Å². The summed E-state index contributed by atoms with van der Waals surface area (Å²) in [5, 5.41) is 5.02. The summed E-state index contributed by atoms with van der Waals surface area (Å²) in [6, 6.07) is 36.8. The van der Waals surface area contributed by atoms with Gasteiger partial charge >= 0.3 is 0 Å². The number of rotatable bonds is 3. The highest BCUT2D eigenvalue weighted by molar-refractivity contribution is 6.11. The second-order valence-corrected chi connectivity index (χ2v) is 20.2. The monoisotopic (exact) mass is 766 g/mol. The summed E-state index contributed by atoms with van der Waals surface area (Å²) in [6.45, 7) is 27.5. The van der Waals surface area contributed by atoms with Crippen LogP contribution in [-0.4, -0.2) is 19.1 Å². The topological polar surface area (TPSA) is 48.8 Å². The molecule has 5 heteroatoms. The van der Waals surface area contributed by atoms with Gasteiger partial charge in [-0.3, -0.25) is 4.98 Å². The van der Waals surface area contributed by atoms with Gasteiger partial charge in [-0.2, -0.15) is 0 Å². The van der Waals surface area contributed by atoms with Crippen molar-refractivity contribution in [1.82, 2.24) is 19.1 Å². The molecule has 0 aliphatic carbocycles. The van der Waals surface area contributed by atoms with Gasteiger partial charge in [-0.1, -0.05) is 115 Å². The second kappa shape index (κ2) is 13.2. The molecule has 0 spiro atoms. The molecule has 4 aromatic heterocycles. The van der Waals surface area contributed by atoms with Crippen LogP contribution in [0.3, 0.4) is 0 Å². The molecule has 0 unspecified atom stereocenters. The Morgan fingerprint density at radius 2 is 0.810 bits per heavy atom. The number of nitrogens with zero attached hydrogens (tertiary/aromatic N) is 4. The van der Waals surface area contributed by atoms with E-state index in [0.29, 0.717) is 11.5 Å². The summed E-state index contributed by atoms with van der Waals surface area (Å²) >= 11 is 0. The molecular formula is C53H58N4O. The lowest BCUT2D eigenvalue weighted by atomic mass is 9.85. The highest BCUT2D eigenvalue weighted by Crippen LogP contribution is 2.42. The van der Waals surface area contributed by atoms with Gasteiger partial charge in [-0.05, 0) is 117 Å². The van der Waals surface area contributed by atoms with Crippen LogP contribution in [0.25, 0.3) is 77.5 Å². The third-order valence-electron chi connectivity index (χ3n) is 11.9. The first-order valence-corrected chi connectivity index (χ1v) is 20.3. The summed E-state index contributed by atoms with van der Waals surface area (Å²) < 4.78 is 11.3. The lowest BCUT2D eigenvalue weighted by Gasteiger charge is -2.19. The highest BCUT2D eigenvalue weighted by atomic mass is 16.3. The van der Waals surface area contributed by atoms with E-state index in [9.17, 15) is 0 Å². The van der Waals surface area contributed by atoms with Gasteiger partial charge in [0, 0.05) is 44.7 Å². The predicted molar refractivity (Wildman–Crippen MR) is 247 cm³/mol. The number of aromatic nitrogens is 4. The Morgan fingerprint density at radius 3 is 1.14 bits per heavy atom. The Labute approximate surface area is 343 Å². The number of benzene rings is 5. The minimum atomic E-state index is 0. The van der Waals surface area contributed by atoms with Crippen molar-refractivity contribution in [1.29, 1.82) is 0 Å². The predicted octanol–water partition coefficient (Wildman–Crippen LogP) is 14.9. The normalized spacial score (nSPS) is 13.0. The Morgan fingerprint density at radius 1 is 0.448 bits per heavy atom. The fraction of sp³-hybridized carbons (Fsp3) is 0.321. The SMILES string of the molecule is C.CC(C)(C)c1ccc2c(c1)c1cc(C(C)(C)C)ccc1n2-c1cc(-c2nc3ccncc3o2)cc(-n2c3ccc(C(C)(C)C)cc3c3cc(C(C)(C)C)ccc32)c1. The third-order valence-corrected chi connectivity index (χ3v) is 11.9. The van der Waals surface area contributed by atoms with Crippen LogP contribution < -0.4 is 0 Å². The fourth-order valence-corrected chi connectivity index (χ4v) is 8.35. The smallest absolute Gasteiger partial charge is 0.227 e. The van der Waals surface area contributed by atoms with Crippen LogP contribution in [0.15, 0.2) is 114 Å². The summed E-state index contributed by atoms with van der Waals surface area (Å²) in [7, 11) is 0. The van der Waals surface area contributed by atoms with Gasteiger partial charge in [-0.25, -0.2) is 4.98 Å². The first-order chi connectivity index (χ1) is 26.8. The van der Waals surface area contributed by atoms with Gasteiger partial charge in [-0.15, -0.1) is 0 Å². The molecule has 58 heavy (non-hydrogen) atoms. The zero-order chi connectivity index (χ0) is 40.4. The zero-order valence-electron chi connectivity index (χ0n) is 35.6. The third kappa shape index (κ3) is 6.49. The van der Waals surface area contributed by atoms with Gasteiger partial charge in [0.1, 0.15) is 5.52 Å². The molecule has 0 amide bonds. The van der Waals surface area contributed by atoms with Gasteiger partial charge in [0.05, 0.1) is 28.3 Å². The van der Waals surface area contributed by atoms with Crippen LogP contribution in [0.5, 0.6) is 0 Å². The number of oxazole rings is 1. The Bertz CT molecular complexity index is 2710. The molecule has 0 atom stereocenters. The molecule has 4 heterocycles. The zero-order valence-corrected chi connectivity index (χ0v) is 35.6. The lowest BCUT2D eigenvalue weighted by Crippen LogP contribution is -2.10. The van der Waals surface area contributed by atoms with Crippen LogP contribution in [0.1, 0.15) is 113 Å². The van der Waals surface area contributed by atoms with E-state index < -0.39 is 0 Å². The minimum absolute atomic E-state index is 0. The molecule has 0 radical (unpaired) electrons. The van der Waals surface area contributed by atoms with Gasteiger partial charge < -0.3 is 13.6 Å². The summed E-state index contributed by atoms with van der Waals surface area (Å²) in [4.78, 5) is 9.33. The number of pyridine rings is 1. The molecule has 0 saturated carbocycles. The van der Waals surface area contributed by atoms with Crippen molar-refractivity contribution in [3.63, 3.8) is 0 Å². The van der Waals surface area contributed by atoms with Crippen molar-refractivity contribution < 1.29 is 4.42 Å². The second-order valence-electron chi connectivity index (χ2n) is 20.2. The van der Waals surface area contributed by atoms with Crippen molar-refractivity contribution in [2.45, 2.75) is 112 Å². The summed E-state index contributed by atoms with van der Waals surface area (Å²) in [5.74, 6) is 0.567. The average molecular weight is 767 g/mol. The van der Waals surface area contributed by atoms with Crippen molar-refractivity contribution in [2.75, 3.05) is 0 Å². The molecule has 5 nitrogen and oxygen atoms in total. The first-order valence-electron chi connectivity index (χ1n) is 20.3. The molecule has 0 saturated heterocycles. The number of fused-ring (bicyclic) bond motifs is 7. The van der Waals surface area contributed by atoms with Crippen LogP contribution in [-0.2, 0) is 21.7 Å². The minimum Gasteiger partial charge on any atom is -0.434 e. The van der Waals surface area contributed by atoms with E-state index in [1.54, 1.807) is 12.4 Å². The maximum absolute atomic E-state index is 6.47. The van der Waals surface area contributed by atoms with Gasteiger partial charge in [0.2, 0.25) is 5.89 Å². The van der Waals surface area contributed by atoms with Crippen LogP contribution in [0.4, 0.5) is 0 Å². The van der Waals surface area contributed by atoms with E-state index in [-0.39, 0.29) is 29.1 Å². The molecule has 0 bridgehead atoms. The first kappa shape index (κ1) is 39.2. The fourth-order valence-electron chi connectivity index (χ4n) is 8.35. The van der Waals surface area contributed by atoms with E-state index >= 15 is 0 Å². The van der Waals surface area contributed by atoms with E-state index in [4.69, 9.17) is 9.40 Å². The van der Waals surface area contributed by atoms with Crippen molar-refractivity contribution >= 4 is 54.7 Å². The number of hydrogen-bond donors (Lipinski definition) is 0. The van der Waals surface area contributed by atoms with Crippen LogP contribution in [0, 0.1) is 0 Å². The Balaban J connectivity index is 0.00000469. The van der Waals surface area contributed by atoms with E-state index in [1.165, 1.54) is 65.9 Å². The Kier molecular flexibility index (Phi) is 8.89. The maximum Gasteiger partial charge on any atom is 0.227 e. The largest absolute Gasteiger partial charge is 0.434 e. The van der Waals surface area contributed by atoms with E-state index in [0.717, 1.165) is 22.5 Å². The van der Waals surface area contributed by atoms with Crippen LogP contribution in [0.2, 0.25) is 0 Å². The quantitative estimate of drug-likeness (QED) is 0.180. The highest BCUT2D eigenvalue weighted by Gasteiger charge is 2.25. The molecule has 9 rings (SSSR count). The van der Waals surface area contributed by atoms with Crippen molar-refractivity contribution in [2.24, 2.45) is 0 Å².